The van der Waals surface area contributed by atoms with Crippen LogP contribution in [0.25, 0.3) is 0 Å². The number of nitrogens with one attached hydrogen (secondary N) is 1. The van der Waals surface area contributed by atoms with Crippen molar-refractivity contribution >= 4 is 12.0 Å². The van der Waals surface area contributed by atoms with Crippen LogP contribution >= 0.6 is 0 Å². The van der Waals surface area contributed by atoms with Crippen LogP contribution < -0.4 is 5.32 Å². The number of carboxylic acids is 1. The van der Waals surface area contributed by atoms with Gasteiger partial charge in [-0.05, 0) is 34.6 Å². The van der Waals surface area contributed by atoms with Gasteiger partial charge in [0, 0.05) is 18.6 Å². The van der Waals surface area contributed by atoms with E-state index in [1.165, 1.54) is 0 Å². The van der Waals surface area contributed by atoms with Crippen molar-refractivity contribution < 1.29 is 14.7 Å². The molecule has 0 saturated heterocycles. The number of carboxylic acid groups (broad SMARTS) is 1. The van der Waals surface area contributed by atoms with E-state index in [1.807, 2.05) is 40.7 Å². The molecule has 0 aromatic heterocycles. The number of nitrogens with zero attached hydrogens (tertiary/aromatic N) is 1. The van der Waals surface area contributed by atoms with Gasteiger partial charge in [0.15, 0.2) is 0 Å². The van der Waals surface area contributed by atoms with Crippen molar-refractivity contribution in [3.63, 3.8) is 0 Å². The highest BCUT2D eigenvalue weighted by atomic mass is 16.4. The molecule has 0 aromatic carbocycles. The molecule has 0 aliphatic carbocycles. The fraction of sp³-hybridized carbons (Fsp3) is 0.692. The molecular weight excluding hydrogens is 232 g/mol. The van der Waals surface area contributed by atoms with Gasteiger partial charge in [0.25, 0.3) is 0 Å². The Kier molecular flexibility index (Phi) is 6.44. The minimum atomic E-state index is -0.902. The number of rotatable bonds is 5. The summed E-state index contributed by atoms with van der Waals surface area (Å²) in [7, 11) is 0. The Morgan fingerprint density at radius 3 is 2.22 bits per heavy atom. The number of amides is 2. The summed E-state index contributed by atoms with van der Waals surface area (Å²) in [5.74, 6) is -0.902. The van der Waals surface area contributed by atoms with Crippen LogP contribution in [0.5, 0.6) is 0 Å². The van der Waals surface area contributed by atoms with E-state index in [2.05, 4.69) is 5.32 Å². The summed E-state index contributed by atoms with van der Waals surface area (Å²) >= 11 is 0. The van der Waals surface area contributed by atoms with Crippen molar-refractivity contribution in [2.75, 3.05) is 13.1 Å². The van der Waals surface area contributed by atoms with Crippen LogP contribution in [0.15, 0.2) is 11.6 Å². The van der Waals surface area contributed by atoms with E-state index in [0.29, 0.717) is 6.54 Å². The van der Waals surface area contributed by atoms with Crippen molar-refractivity contribution in [3.8, 4) is 0 Å². The van der Waals surface area contributed by atoms with Crippen molar-refractivity contribution in [1.82, 2.24) is 10.2 Å². The fourth-order valence-corrected chi connectivity index (χ4v) is 1.39. The number of urea groups is 1. The molecule has 5 heteroatoms. The first-order chi connectivity index (χ1) is 8.14. The molecule has 18 heavy (non-hydrogen) atoms. The van der Waals surface area contributed by atoms with Gasteiger partial charge in [-0.2, -0.15) is 0 Å². The van der Waals surface area contributed by atoms with Gasteiger partial charge in [0.05, 0.1) is 6.42 Å². The van der Waals surface area contributed by atoms with Gasteiger partial charge in [-0.15, -0.1) is 0 Å². The van der Waals surface area contributed by atoms with Crippen LogP contribution in [0.4, 0.5) is 4.79 Å². The van der Waals surface area contributed by atoms with Crippen LogP contribution in [-0.4, -0.2) is 40.6 Å². The van der Waals surface area contributed by atoms with Crippen molar-refractivity contribution in [2.45, 2.75) is 46.6 Å². The van der Waals surface area contributed by atoms with Crippen LogP contribution in [0, 0.1) is 0 Å². The molecule has 2 N–H and O–H groups in total. The van der Waals surface area contributed by atoms with Gasteiger partial charge < -0.3 is 15.3 Å². The molecule has 0 aliphatic heterocycles. The molecule has 0 rings (SSSR count). The monoisotopic (exact) mass is 256 g/mol. The number of hydrogen-bond donors (Lipinski definition) is 2. The average Bonchev–Trinajstić information content (AvgIpc) is 2.14. The molecule has 0 radical (unpaired) electrons. The second-order valence-electron chi connectivity index (χ2n) is 5.43. The zero-order valence-corrected chi connectivity index (χ0v) is 11.9. The number of allylic oxidation sites excluding steroid dienone is 1. The second kappa shape index (κ2) is 7.03. The number of hydrogen-bond acceptors (Lipinski definition) is 2. The first-order valence-electron chi connectivity index (χ1n) is 6.05. The topological polar surface area (TPSA) is 69.6 Å². The van der Waals surface area contributed by atoms with Crippen LogP contribution in [-0.2, 0) is 4.79 Å². The summed E-state index contributed by atoms with van der Waals surface area (Å²) in [6.07, 6.45) is 1.86. The lowest BCUT2D eigenvalue weighted by molar-refractivity contribution is -0.137. The largest absolute Gasteiger partial charge is 0.481 e. The molecule has 0 bridgehead atoms. The molecule has 0 aromatic rings. The lowest BCUT2D eigenvalue weighted by atomic mass is 10.1. The van der Waals surface area contributed by atoms with Gasteiger partial charge in [0.2, 0.25) is 0 Å². The highest BCUT2D eigenvalue weighted by Gasteiger charge is 2.26. The molecule has 0 atom stereocenters. The number of aliphatic carboxylic acids is 1. The van der Waals surface area contributed by atoms with Crippen molar-refractivity contribution in [2.24, 2.45) is 0 Å². The van der Waals surface area contributed by atoms with E-state index in [0.717, 1.165) is 5.57 Å². The maximum Gasteiger partial charge on any atom is 0.318 e. The summed E-state index contributed by atoms with van der Waals surface area (Å²) in [5, 5.41) is 11.5. The van der Waals surface area contributed by atoms with Gasteiger partial charge in [-0.3, -0.25) is 4.79 Å². The fourth-order valence-electron chi connectivity index (χ4n) is 1.39. The number of carbonyl (C=O) groups is 2. The third-order valence-electron chi connectivity index (χ3n) is 2.37. The Morgan fingerprint density at radius 1 is 1.28 bits per heavy atom. The molecule has 0 aliphatic rings. The van der Waals surface area contributed by atoms with Crippen molar-refractivity contribution in [1.29, 1.82) is 0 Å². The molecular formula is C13H24N2O3. The summed E-state index contributed by atoms with van der Waals surface area (Å²) in [6.45, 7) is 10.2. The first kappa shape index (κ1) is 16.5. The Morgan fingerprint density at radius 2 is 1.83 bits per heavy atom. The van der Waals surface area contributed by atoms with Crippen LogP contribution in [0.3, 0.4) is 0 Å². The molecule has 5 nitrogen and oxygen atoms in total. The van der Waals surface area contributed by atoms with Gasteiger partial charge >= 0.3 is 12.0 Å². The van der Waals surface area contributed by atoms with E-state index < -0.39 is 11.5 Å². The minimum Gasteiger partial charge on any atom is -0.481 e. The van der Waals surface area contributed by atoms with Crippen molar-refractivity contribution in [3.05, 3.63) is 11.6 Å². The molecule has 104 valence electrons. The lowest BCUT2D eigenvalue weighted by Gasteiger charge is -2.35. The predicted octanol–water partition coefficient (Wildman–Crippen LogP) is 2.24. The Bertz CT molecular complexity index is 326. The molecule has 0 unspecified atom stereocenters. The third kappa shape index (κ3) is 6.93. The maximum atomic E-state index is 12.0. The Labute approximate surface area is 109 Å². The zero-order valence-electron chi connectivity index (χ0n) is 11.9. The maximum absolute atomic E-state index is 12.0. The van der Waals surface area contributed by atoms with Gasteiger partial charge in [-0.1, -0.05) is 11.6 Å². The second-order valence-corrected chi connectivity index (χ2v) is 5.43. The summed E-state index contributed by atoms with van der Waals surface area (Å²) in [6, 6.07) is -0.235. The number of carbonyl (C=O) groups excluding carboxylic acids is 1. The highest BCUT2D eigenvalue weighted by Crippen LogP contribution is 2.13. The van der Waals surface area contributed by atoms with Gasteiger partial charge in [-0.25, -0.2) is 4.79 Å². The average molecular weight is 256 g/mol. The third-order valence-corrected chi connectivity index (χ3v) is 2.37. The lowest BCUT2D eigenvalue weighted by Crippen LogP contribution is -2.51. The summed E-state index contributed by atoms with van der Waals surface area (Å²) in [5.41, 5.74) is 0.730. The van der Waals surface area contributed by atoms with Crippen LogP contribution in [0.1, 0.15) is 41.0 Å². The summed E-state index contributed by atoms with van der Waals surface area (Å²) in [4.78, 5) is 24.1. The quantitative estimate of drug-likeness (QED) is 0.741. The molecule has 0 spiro atoms. The molecule has 0 fully saturated rings. The van der Waals surface area contributed by atoms with E-state index in [-0.39, 0.29) is 19.0 Å². The van der Waals surface area contributed by atoms with E-state index >= 15 is 0 Å². The molecule has 2 amide bonds. The zero-order chi connectivity index (χ0) is 14.3. The summed E-state index contributed by atoms with van der Waals surface area (Å²) < 4.78 is 0. The van der Waals surface area contributed by atoms with Crippen LogP contribution in [0.2, 0.25) is 0 Å². The molecule has 0 heterocycles. The normalized spacial score (nSPS) is 10.7. The van der Waals surface area contributed by atoms with E-state index in [1.54, 1.807) is 4.90 Å². The predicted molar refractivity (Wildman–Crippen MR) is 71.5 cm³/mol. The highest BCUT2D eigenvalue weighted by molar-refractivity contribution is 5.76. The Hall–Kier alpha value is -1.52. The van der Waals surface area contributed by atoms with E-state index in [4.69, 9.17) is 5.11 Å². The Balaban J connectivity index is 4.51. The first-order valence-corrected chi connectivity index (χ1v) is 6.05. The molecule has 0 saturated carbocycles. The smallest absolute Gasteiger partial charge is 0.318 e. The van der Waals surface area contributed by atoms with E-state index in [9.17, 15) is 9.59 Å². The van der Waals surface area contributed by atoms with Gasteiger partial charge in [0.1, 0.15) is 0 Å². The minimum absolute atomic E-state index is 0.0483. The SMILES string of the molecule is CC(C)=CCNC(=O)N(CCC(=O)O)C(C)(C)C. The standard InChI is InChI=1S/C13H24N2O3/c1-10(2)6-8-14-12(18)15(13(3,4)5)9-7-11(16)17/h6H,7-9H2,1-5H3,(H,14,18)(H,16,17).